The lowest BCUT2D eigenvalue weighted by Gasteiger charge is -2.33. The third kappa shape index (κ3) is 2.32. The summed E-state index contributed by atoms with van der Waals surface area (Å²) < 4.78 is 0. The Morgan fingerprint density at radius 1 is 1.47 bits per heavy atom. The molecular formula is C11H20N2O2. The molecule has 1 saturated carbocycles. The van der Waals surface area contributed by atoms with Crippen molar-refractivity contribution in [1.29, 1.82) is 0 Å². The van der Waals surface area contributed by atoms with Crippen LogP contribution in [-0.2, 0) is 4.79 Å². The molecule has 1 saturated heterocycles. The van der Waals surface area contributed by atoms with Gasteiger partial charge in [0.1, 0.15) is 0 Å². The van der Waals surface area contributed by atoms with E-state index in [0.717, 1.165) is 19.4 Å². The summed E-state index contributed by atoms with van der Waals surface area (Å²) in [6, 6.07) is 0.402. The first-order valence-electron chi connectivity index (χ1n) is 5.93. The Hall–Kier alpha value is -0.610. The van der Waals surface area contributed by atoms with Crippen LogP contribution in [0.1, 0.15) is 39.0 Å². The van der Waals surface area contributed by atoms with Crippen LogP contribution >= 0.6 is 0 Å². The van der Waals surface area contributed by atoms with Gasteiger partial charge >= 0.3 is 0 Å². The second kappa shape index (κ2) is 4.49. The van der Waals surface area contributed by atoms with E-state index in [1.165, 1.54) is 12.8 Å². The summed E-state index contributed by atoms with van der Waals surface area (Å²) in [7, 11) is 0. The number of nitrogens with zero attached hydrogens (tertiary/aromatic N) is 2. The highest BCUT2D eigenvalue weighted by atomic mass is 16.3. The van der Waals surface area contributed by atoms with Crippen molar-refractivity contribution in [1.82, 2.24) is 10.0 Å². The first kappa shape index (κ1) is 10.9. The fraction of sp³-hybridized carbons (Fsp3) is 0.909. The van der Waals surface area contributed by atoms with E-state index in [0.29, 0.717) is 19.0 Å². The Balaban J connectivity index is 2.00. The molecule has 0 aromatic heterocycles. The van der Waals surface area contributed by atoms with Crippen LogP contribution in [0, 0.1) is 0 Å². The molecule has 1 N–H and O–H groups in total. The third-order valence-corrected chi connectivity index (χ3v) is 3.29. The highest BCUT2D eigenvalue weighted by molar-refractivity contribution is 5.78. The Morgan fingerprint density at radius 2 is 2.13 bits per heavy atom. The maximum Gasteiger partial charge on any atom is 0.238 e. The van der Waals surface area contributed by atoms with Crippen LogP contribution in [0.3, 0.4) is 0 Å². The van der Waals surface area contributed by atoms with Gasteiger partial charge in [-0.2, -0.15) is 0 Å². The quantitative estimate of drug-likeness (QED) is 0.751. The van der Waals surface area contributed by atoms with Crippen LogP contribution in [0.5, 0.6) is 0 Å². The molecule has 1 atom stereocenters. The number of aliphatic hydroxyl groups is 1. The molecule has 4 heteroatoms. The van der Waals surface area contributed by atoms with Crippen molar-refractivity contribution in [3.05, 3.63) is 0 Å². The second-order valence-electron chi connectivity index (χ2n) is 4.69. The zero-order valence-corrected chi connectivity index (χ0v) is 9.35. The molecule has 86 valence electrons. The molecule has 1 heterocycles. The number of carbonyl (C=O) groups excluding carboxylic acids is 1. The zero-order chi connectivity index (χ0) is 10.8. The molecule has 1 aliphatic carbocycles. The van der Waals surface area contributed by atoms with E-state index in [4.69, 9.17) is 0 Å². The van der Waals surface area contributed by atoms with Crippen molar-refractivity contribution in [2.45, 2.75) is 51.2 Å². The van der Waals surface area contributed by atoms with Crippen molar-refractivity contribution in [2.75, 3.05) is 13.1 Å². The van der Waals surface area contributed by atoms with E-state index >= 15 is 0 Å². The first-order valence-corrected chi connectivity index (χ1v) is 5.93. The average Bonchev–Trinajstić information content (AvgIpc) is 2.74. The summed E-state index contributed by atoms with van der Waals surface area (Å²) in [5, 5.41) is 13.3. The van der Waals surface area contributed by atoms with E-state index in [-0.39, 0.29) is 12.0 Å². The molecule has 2 fully saturated rings. The lowest BCUT2D eigenvalue weighted by molar-refractivity contribution is -0.144. The van der Waals surface area contributed by atoms with Crippen molar-refractivity contribution in [2.24, 2.45) is 0 Å². The van der Waals surface area contributed by atoms with Crippen molar-refractivity contribution >= 4 is 5.91 Å². The predicted molar refractivity (Wildman–Crippen MR) is 57.0 cm³/mol. The molecule has 0 radical (unpaired) electrons. The standard InChI is InChI=1S/C11H20N2O2/c1-9(14)8-12-7-6-11(15)13(12)10-4-2-3-5-10/h9-10,14H,2-8H2,1H3. The van der Waals surface area contributed by atoms with Gasteiger partial charge in [-0.05, 0) is 19.8 Å². The number of hydrogen-bond donors (Lipinski definition) is 1. The summed E-state index contributed by atoms with van der Waals surface area (Å²) in [4.78, 5) is 11.8. The number of rotatable bonds is 3. The summed E-state index contributed by atoms with van der Waals surface area (Å²) in [6.45, 7) is 3.14. The maximum atomic E-state index is 11.8. The van der Waals surface area contributed by atoms with Crippen molar-refractivity contribution < 1.29 is 9.90 Å². The van der Waals surface area contributed by atoms with Gasteiger partial charge in [0.25, 0.3) is 0 Å². The maximum absolute atomic E-state index is 11.8. The SMILES string of the molecule is CC(O)CN1CCC(=O)N1C1CCCC1. The highest BCUT2D eigenvalue weighted by Gasteiger charge is 2.36. The van der Waals surface area contributed by atoms with Gasteiger partial charge in [-0.3, -0.25) is 9.80 Å². The van der Waals surface area contributed by atoms with Crippen molar-refractivity contribution in [3.8, 4) is 0 Å². The summed E-state index contributed by atoms with van der Waals surface area (Å²) in [5.74, 6) is 0.238. The first-order chi connectivity index (χ1) is 7.18. The van der Waals surface area contributed by atoms with E-state index < -0.39 is 0 Å². The molecule has 1 unspecified atom stereocenters. The average molecular weight is 212 g/mol. The van der Waals surface area contributed by atoms with Crippen molar-refractivity contribution in [3.63, 3.8) is 0 Å². The van der Waals surface area contributed by atoms with Crippen LogP contribution in [0.2, 0.25) is 0 Å². The van der Waals surface area contributed by atoms with Gasteiger partial charge in [0, 0.05) is 25.6 Å². The molecule has 1 aliphatic heterocycles. The fourth-order valence-electron chi connectivity index (χ4n) is 2.67. The van der Waals surface area contributed by atoms with E-state index in [1.807, 2.05) is 10.0 Å². The van der Waals surface area contributed by atoms with Gasteiger partial charge in [0.2, 0.25) is 5.91 Å². The minimum atomic E-state index is -0.361. The van der Waals surface area contributed by atoms with E-state index in [2.05, 4.69) is 0 Å². The Bertz CT molecular complexity index is 237. The summed E-state index contributed by atoms with van der Waals surface area (Å²) >= 11 is 0. The number of hydrazine groups is 1. The number of hydrogen-bond acceptors (Lipinski definition) is 3. The number of aliphatic hydroxyl groups excluding tert-OH is 1. The second-order valence-corrected chi connectivity index (χ2v) is 4.69. The molecule has 0 aromatic carbocycles. The third-order valence-electron chi connectivity index (χ3n) is 3.29. The molecule has 0 aromatic rings. The van der Waals surface area contributed by atoms with Crippen LogP contribution in [-0.4, -0.2) is 46.3 Å². The predicted octanol–water partition coefficient (Wildman–Crippen LogP) is 0.759. The fourth-order valence-corrected chi connectivity index (χ4v) is 2.67. The zero-order valence-electron chi connectivity index (χ0n) is 9.35. The molecule has 1 amide bonds. The largest absolute Gasteiger partial charge is 0.392 e. The van der Waals surface area contributed by atoms with Crippen LogP contribution < -0.4 is 0 Å². The molecule has 4 nitrogen and oxygen atoms in total. The monoisotopic (exact) mass is 212 g/mol. The van der Waals surface area contributed by atoms with Gasteiger partial charge in [0.15, 0.2) is 0 Å². The summed E-state index contributed by atoms with van der Waals surface area (Å²) in [5.41, 5.74) is 0. The number of β-amino-alcohol motifs (C(OH)–C–C–N with tert-alkyl or cyclic N) is 1. The molecule has 0 bridgehead atoms. The van der Waals surface area contributed by atoms with Gasteiger partial charge in [-0.15, -0.1) is 0 Å². The molecule has 15 heavy (non-hydrogen) atoms. The van der Waals surface area contributed by atoms with Crippen LogP contribution in [0.4, 0.5) is 0 Å². The molecule has 2 aliphatic rings. The highest BCUT2D eigenvalue weighted by Crippen LogP contribution is 2.28. The Morgan fingerprint density at radius 3 is 2.73 bits per heavy atom. The Kier molecular flexibility index (Phi) is 3.26. The molecule has 2 rings (SSSR count). The number of carbonyl (C=O) groups is 1. The van der Waals surface area contributed by atoms with Crippen LogP contribution in [0.15, 0.2) is 0 Å². The van der Waals surface area contributed by atoms with Gasteiger partial charge in [-0.25, -0.2) is 5.01 Å². The normalized spacial score (nSPS) is 26.5. The van der Waals surface area contributed by atoms with Gasteiger partial charge < -0.3 is 5.11 Å². The van der Waals surface area contributed by atoms with E-state index in [9.17, 15) is 9.90 Å². The number of amides is 1. The summed E-state index contributed by atoms with van der Waals surface area (Å²) in [6.07, 6.45) is 4.97. The van der Waals surface area contributed by atoms with Gasteiger partial charge in [0.05, 0.1) is 6.10 Å². The van der Waals surface area contributed by atoms with Crippen LogP contribution in [0.25, 0.3) is 0 Å². The Labute approximate surface area is 90.8 Å². The van der Waals surface area contributed by atoms with E-state index in [1.54, 1.807) is 6.92 Å². The lowest BCUT2D eigenvalue weighted by Crippen LogP contribution is -2.47. The topological polar surface area (TPSA) is 43.8 Å². The smallest absolute Gasteiger partial charge is 0.238 e. The molecular weight excluding hydrogens is 192 g/mol. The minimum absolute atomic E-state index is 0.238. The molecule has 0 spiro atoms. The van der Waals surface area contributed by atoms with Gasteiger partial charge in [-0.1, -0.05) is 12.8 Å². The lowest BCUT2D eigenvalue weighted by atomic mass is 10.2. The minimum Gasteiger partial charge on any atom is -0.392 e.